The zero-order chi connectivity index (χ0) is 12.0. The van der Waals surface area contributed by atoms with Gasteiger partial charge in [-0.1, -0.05) is 28.8 Å². The van der Waals surface area contributed by atoms with Crippen molar-refractivity contribution in [2.75, 3.05) is 13.2 Å². The Hall–Kier alpha value is 0.230. The van der Waals surface area contributed by atoms with E-state index < -0.39 is 12.8 Å². The molecule has 0 aromatic carbocycles. The normalized spacial score (nSPS) is 27.0. The third-order valence-corrected chi connectivity index (χ3v) is 3.72. The molecule has 1 fully saturated rings. The quantitative estimate of drug-likeness (QED) is 0.543. The molecule has 1 saturated carbocycles. The smallest absolute Gasteiger partial charge is 0.372 e. The zero-order valence-corrected chi connectivity index (χ0v) is 10.8. The lowest BCUT2D eigenvalue weighted by atomic mass is 9.86. The average molecular weight is 303 g/mol. The summed E-state index contributed by atoms with van der Waals surface area (Å²) in [5.74, 6) is 0.660. The van der Waals surface area contributed by atoms with Gasteiger partial charge in [-0.2, -0.15) is 13.2 Å². The summed E-state index contributed by atoms with van der Waals surface area (Å²) in [7, 11) is 0. The number of halogens is 4. The topological polar surface area (TPSA) is 9.23 Å². The van der Waals surface area contributed by atoms with Crippen LogP contribution in [0, 0.1) is 5.92 Å². The number of hydrogen-bond acceptors (Lipinski definition) is 1. The first-order valence-electron chi connectivity index (χ1n) is 5.76. The molecule has 0 aromatic heterocycles. The number of hydrogen-bond donors (Lipinski definition) is 0. The summed E-state index contributed by atoms with van der Waals surface area (Å²) in [6.45, 7) is -0.887. The van der Waals surface area contributed by atoms with Gasteiger partial charge in [0, 0.05) is 11.4 Å². The minimum atomic E-state index is -4.19. The predicted octanol–water partition coefficient (Wildman–Crippen LogP) is 4.30. The maximum absolute atomic E-state index is 11.8. The van der Waals surface area contributed by atoms with Crippen LogP contribution in [0.3, 0.4) is 0 Å². The summed E-state index contributed by atoms with van der Waals surface area (Å²) in [6, 6.07) is 0. The van der Waals surface area contributed by atoms with Gasteiger partial charge in [-0.15, -0.1) is 0 Å². The van der Waals surface area contributed by atoms with E-state index in [1.807, 2.05) is 0 Å². The Morgan fingerprint density at radius 2 is 2.00 bits per heavy atom. The van der Waals surface area contributed by atoms with E-state index >= 15 is 0 Å². The monoisotopic (exact) mass is 302 g/mol. The van der Waals surface area contributed by atoms with Gasteiger partial charge < -0.3 is 4.74 Å². The Labute approximate surface area is 103 Å². The molecular weight excluding hydrogens is 285 g/mol. The number of alkyl halides is 4. The Morgan fingerprint density at radius 1 is 1.25 bits per heavy atom. The van der Waals surface area contributed by atoms with E-state index in [4.69, 9.17) is 0 Å². The van der Waals surface area contributed by atoms with Crippen molar-refractivity contribution in [2.45, 2.75) is 49.5 Å². The van der Waals surface area contributed by atoms with Gasteiger partial charge in [-0.05, 0) is 31.6 Å². The van der Waals surface area contributed by atoms with Crippen molar-refractivity contribution in [3.05, 3.63) is 0 Å². The first kappa shape index (κ1) is 14.3. The highest BCUT2D eigenvalue weighted by Crippen LogP contribution is 2.31. The van der Waals surface area contributed by atoms with Crippen LogP contribution >= 0.6 is 15.9 Å². The van der Waals surface area contributed by atoms with Gasteiger partial charge >= 0.3 is 6.18 Å². The molecule has 0 heterocycles. The zero-order valence-electron chi connectivity index (χ0n) is 9.23. The van der Waals surface area contributed by atoms with Gasteiger partial charge in [0.05, 0.1) is 0 Å². The standard InChI is InChI=1S/C11H18BrF3O/c12-10-5-1-3-9(7-10)4-2-6-16-8-11(13,14)15/h9-10H,1-8H2. The van der Waals surface area contributed by atoms with Crippen LogP contribution in [-0.4, -0.2) is 24.2 Å². The summed E-state index contributed by atoms with van der Waals surface area (Å²) in [4.78, 5) is 0.599. The molecule has 0 N–H and O–H groups in total. The third kappa shape index (κ3) is 6.74. The van der Waals surface area contributed by atoms with E-state index in [2.05, 4.69) is 20.7 Å². The molecule has 16 heavy (non-hydrogen) atoms. The van der Waals surface area contributed by atoms with Crippen LogP contribution in [0.1, 0.15) is 38.5 Å². The highest BCUT2D eigenvalue weighted by molar-refractivity contribution is 9.09. The van der Waals surface area contributed by atoms with Gasteiger partial charge in [-0.25, -0.2) is 0 Å². The molecule has 0 bridgehead atoms. The molecule has 1 rings (SSSR count). The fraction of sp³-hybridized carbons (Fsp3) is 1.00. The summed E-state index contributed by atoms with van der Waals surface area (Å²) in [5, 5.41) is 0. The van der Waals surface area contributed by atoms with Crippen LogP contribution in [-0.2, 0) is 4.74 Å². The fourth-order valence-corrected chi connectivity index (χ4v) is 3.00. The molecule has 2 unspecified atom stereocenters. The van der Waals surface area contributed by atoms with Gasteiger partial charge in [0.1, 0.15) is 6.61 Å². The van der Waals surface area contributed by atoms with E-state index in [1.54, 1.807) is 0 Å². The fourth-order valence-electron chi connectivity index (χ4n) is 2.15. The molecule has 0 radical (unpaired) electrons. The minimum Gasteiger partial charge on any atom is -0.372 e. The molecule has 0 aromatic rings. The van der Waals surface area contributed by atoms with E-state index in [9.17, 15) is 13.2 Å². The summed E-state index contributed by atoms with van der Waals surface area (Å²) >= 11 is 3.60. The van der Waals surface area contributed by atoms with E-state index in [0.29, 0.717) is 10.7 Å². The second-order valence-electron chi connectivity index (χ2n) is 4.44. The van der Waals surface area contributed by atoms with Crippen molar-refractivity contribution in [1.82, 2.24) is 0 Å². The largest absolute Gasteiger partial charge is 0.411 e. The average Bonchev–Trinajstić information content (AvgIpc) is 2.15. The molecule has 96 valence electrons. The van der Waals surface area contributed by atoms with Gasteiger partial charge in [0.25, 0.3) is 0 Å². The van der Waals surface area contributed by atoms with Gasteiger partial charge in [0.2, 0.25) is 0 Å². The van der Waals surface area contributed by atoms with Crippen molar-refractivity contribution < 1.29 is 17.9 Å². The first-order chi connectivity index (χ1) is 7.47. The molecule has 5 heteroatoms. The molecule has 0 amide bonds. The number of ether oxygens (including phenoxy) is 1. The third-order valence-electron chi connectivity index (χ3n) is 2.89. The van der Waals surface area contributed by atoms with Crippen molar-refractivity contribution in [3.8, 4) is 0 Å². The summed E-state index contributed by atoms with van der Waals surface area (Å²) < 4.78 is 39.9. The van der Waals surface area contributed by atoms with Crippen LogP contribution in [0.5, 0.6) is 0 Å². The van der Waals surface area contributed by atoms with Crippen molar-refractivity contribution in [3.63, 3.8) is 0 Å². The molecule has 0 aliphatic heterocycles. The van der Waals surface area contributed by atoms with Crippen LogP contribution in [0.15, 0.2) is 0 Å². The Bertz CT molecular complexity index is 196. The van der Waals surface area contributed by atoms with E-state index in [-0.39, 0.29) is 6.61 Å². The number of rotatable bonds is 5. The van der Waals surface area contributed by atoms with E-state index in [1.165, 1.54) is 19.3 Å². The first-order valence-corrected chi connectivity index (χ1v) is 6.67. The molecule has 0 saturated heterocycles. The van der Waals surface area contributed by atoms with Crippen LogP contribution in [0.2, 0.25) is 0 Å². The molecule has 2 atom stereocenters. The van der Waals surface area contributed by atoms with Crippen LogP contribution < -0.4 is 0 Å². The second-order valence-corrected chi connectivity index (χ2v) is 5.73. The maximum atomic E-state index is 11.8. The van der Waals surface area contributed by atoms with Crippen molar-refractivity contribution in [2.24, 2.45) is 5.92 Å². The second kappa shape index (κ2) is 6.84. The lowest BCUT2D eigenvalue weighted by Crippen LogP contribution is -2.18. The van der Waals surface area contributed by atoms with Crippen molar-refractivity contribution >= 4 is 15.9 Å². The van der Waals surface area contributed by atoms with Crippen LogP contribution in [0.4, 0.5) is 13.2 Å². The predicted molar refractivity (Wildman–Crippen MR) is 60.8 cm³/mol. The molecular formula is C11H18BrF3O. The summed E-state index contributed by atoms with van der Waals surface area (Å²) in [6.07, 6.45) is 2.35. The lowest BCUT2D eigenvalue weighted by molar-refractivity contribution is -0.174. The van der Waals surface area contributed by atoms with Crippen LogP contribution in [0.25, 0.3) is 0 Å². The highest BCUT2D eigenvalue weighted by Gasteiger charge is 2.27. The molecule has 1 aliphatic carbocycles. The Kier molecular flexibility index (Phi) is 6.11. The van der Waals surface area contributed by atoms with Gasteiger partial charge in [-0.3, -0.25) is 0 Å². The lowest BCUT2D eigenvalue weighted by Gasteiger charge is -2.25. The summed E-state index contributed by atoms with van der Waals surface area (Å²) in [5.41, 5.74) is 0. The molecule has 1 nitrogen and oxygen atoms in total. The molecule has 1 aliphatic rings. The van der Waals surface area contributed by atoms with Gasteiger partial charge in [0.15, 0.2) is 0 Å². The Balaban J connectivity index is 1.98. The van der Waals surface area contributed by atoms with E-state index in [0.717, 1.165) is 19.3 Å². The highest BCUT2D eigenvalue weighted by atomic mass is 79.9. The molecule has 0 spiro atoms. The SMILES string of the molecule is FC(F)(F)COCCCC1CCCC(Br)C1. The van der Waals surface area contributed by atoms with Crippen molar-refractivity contribution in [1.29, 1.82) is 0 Å². The minimum absolute atomic E-state index is 0.225. The Morgan fingerprint density at radius 3 is 2.62 bits per heavy atom. The maximum Gasteiger partial charge on any atom is 0.411 e.